The molecule has 0 atom stereocenters. The van der Waals surface area contributed by atoms with Crippen LogP contribution in [0.3, 0.4) is 0 Å². The van der Waals surface area contributed by atoms with Gasteiger partial charge in [-0.3, -0.25) is 4.79 Å². The van der Waals surface area contributed by atoms with E-state index in [0.717, 1.165) is 4.47 Å². The number of halogens is 4. The highest BCUT2D eigenvalue weighted by Gasteiger charge is 2.12. The van der Waals surface area contributed by atoms with Crippen LogP contribution in [0.5, 0.6) is 0 Å². The van der Waals surface area contributed by atoms with Crippen LogP contribution in [-0.2, 0) is 0 Å². The van der Waals surface area contributed by atoms with Crippen molar-refractivity contribution < 1.29 is 13.6 Å². The minimum Gasteiger partial charge on any atom is -0.319 e. The first kappa shape index (κ1) is 14.1. The van der Waals surface area contributed by atoms with E-state index in [0.29, 0.717) is 11.6 Å². The van der Waals surface area contributed by atoms with Gasteiger partial charge in [0.25, 0.3) is 5.91 Å². The van der Waals surface area contributed by atoms with Crippen LogP contribution in [0.2, 0.25) is 0 Å². The maximum Gasteiger partial charge on any atom is 0.255 e. The Morgan fingerprint density at radius 1 is 1.05 bits per heavy atom. The highest BCUT2D eigenvalue weighted by Crippen LogP contribution is 2.24. The molecule has 2 aromatic carbocycles. The van der Waals surface area contributed by atoms with Crippen LogP contribution in [-0.4, -0.2) is 5.91 Å². The quantitative estimate of drug-likeness (QED) is 0.737. The van der Waals surface area contributed by atoms with Gasteiger partial charge in [-0.15, -0.1) is 0 Å². The first-order valence-electron chi connectivity index (χ1n) is 5.19. The molecule has 2 aromatic rings. The second-order valence-electron chi connectivity index (χ2n) is 3.71. The molecular weight excluding hydrogens is 384 g/mol. The number of hydrogen-bond donors (Lipinski definition) is 1. The van der Waals surface area contributed by atoms with Crippen LogP contribution in [0.25, 0.3) is 0 Å². The fraction of sp³-hybridized carbons (Fsp3) is 0. The highest BCUT2D eigenvalue weighted by molar-refractivity contribution is 9.10. The van der Waals surface area contributed by atoms with Crippen LogP contribution < -0.4 is 5.32 Å². The molecule has 6 heteroatoms. The van der Waals surface area contributed by atoms with E-state index in [2.05, 4.69) is 37.2 Å². The number of carbonyl (C=O) groups is 1. The van der Waals surface area contributed by atoms with E-state index in [4.69, 9.17) is 0 Å². The predicted octanol–water partition coefficient (Wildman–Crippen LogP) is 4.74. The molecule has 0 fully saturated rings. The van der Waals surface area contributed by atoms with E-state index < -0.39 is 17.5 Å². The van der Waals surface area contributed by atoms with Crippen molar-refractivity contribution in [3.05, 3.63) is 62.5 Å². The van der Waals surface area contributed by atoms with E-state index in [-0.39, 0.29) is 10.2 Å². The number of hydrogen-bond acceptors (Lipinski definition) is 1. The third-order valence-electron chi connectivity index (χ3n) is 2.34. The molecule has 0 aliphatic carbocycles. The molecule has 0 aliphatic rings. The summed E-state index contributed by atoms with van der Waals surface area (Å²) >= 11 is 6.18. The Bertz CT molecular complexity index is 647. The Hall–Kier alpha value is -1.27. The van der Waals surface area contributed by atoms with Gasteiger partial charge in [0.05, 0.1) is 10.2 Å². The van der Waals surface area contributed by atoms with Gasteiger partial charge < -0.3 is 5.32 Å². The molecule has 0 saturated heterocycles. The van der Waals surface area contributed by atoms with E-state index >= 15 is 0 Å². The van der Waals surface area contributed by atoms with Crippen molar-refractivity contribution in [1.29, 1.82) is 0 Å². The zero-order valence-corrected chi connectivity index (χ0v) is 12.6. The molecule has 0 radical (unpaired) electrons. The van der Waals surface area contributed by atoms with Crippen molar-refractivity contribution >= 4 is 43.5 Å². The molecule has 0 spiro atoms. The molecule has 0 saturated carbocycles. The molecule has 1 N–H and O–H groups in total. The van der Waals surface area contributed by atoms with E-state index in [1.165, 1.54) is 6.07 Å². The fourth-order valence-electron chi connectivity index (χ4n) is 1.44. The smallest absolute Gasteiger partial charge is 0.255 e. The first-order valence-corrected chi connectivity index (χ1v) is 6.77. The maximum absolute atomic E-state index is 13.5. The second kappa shape index (κ2) is 5.79. The SMILES string of the molecule is O=C(Nc1cc(Br)c(F)cc1F)c1cccc(Br)c1. The van der Waals surface area contributed by atoms with Crippen LogP contribution in [0.1, 0.15) is 10.4 Å². The van der Waals surface area contributed by atoms with Gasteiger partial charge in [0, 0.05) is 16.1 Å². The Kier molecular flexibility index (Phi) is 4.31. The average molecular weight is 391 g/mol. The van der Waals surface area contributed by atoms with Crippen molar-refractivity contribution in [2.45, 2.75) is 0 Å². The standard InChI is InChI=1S/C13H7Br2F2NO/c14-8-3-1-2-7(4-8)13(19)18-12-5-9(15)10(16)6-11(12)17/h1-6H,(H,18,19). The topological polar surface area (TPSA) is 29.1 Å². The van der Waals surface area contributed by atoms with Crippen molar-refractivity contribution in [1.82, 2.24) is 0 Å². The Balaban J connectivity index is 2.27. The summed E-state index contributed by atoms with van der Waals surface area (Å²) < 4.78 is 27.4. The van der Waals surface area contributed by atoms with Gasteiger partial charge >= 0.3 is 0 Å². The molecule has 0 aromatic heterocycles. The number of carbonyl (C=O) groups excluding carboxylic acids is 1. The molecule has 2 rings (SSSR count). The molecule has 2 nitrogen and oxygen atoms in total. The van der Waals surface area contributed by atoms with E-state index in [1.807, 2.05) is 0 Å². The van der Waals surface area contributed by atoms with Gasteiger partial charge in [0.15, 0.2) is 0 Å². The molecule has 0 aliphatic heterocycles. The summed E-state index contributed by atoms with van der Waals surface area (Å²) in [5.74, 6) is -2.03. The Morgan fingerprint density at radius 3 is 2.47 bits per heavy atom. The average Bonchev–Trinajstić information content (AvgIpc) is 2.36. The first-order chi connectivity index (χ1) is 8.97. The monoisotopic (exact) mass is 389 g/mol. The van der Waals surface area contributed by atoms with Gasteiger partial charge in [-0.2, -0.15) is 0 Å². The van der Waals surface area contributed by atoms with Gasteiger partial charge in [-0.05, 0) is 40.2 Å². The summed E-state index contributed by atoms with van der Waals surface area (Å²) in [6, 6.07) is 8.55. The summed E-state index contributed by atoms with van der Waals surface area (Å²) in [6.07, 6.45) is 0. The fourth-order valence-corrected chi connectivity index (χ4v) is 2.19. The van der Waals surface area contributed by atoms with Crippen molar-refractivity contribution in [2.75, 3.05) is 5.32 Å². The van der Waals surface area contributed by atoms with E-state index in [1.54, 1.807) is 24.3 Å². The summed E-state index contributed by atoms with van der Waals surface area (Å²) in [5.41, 5.74) is 0.285. The number of benzene rings is 2. The number of rotatable bonds is 2. The molecule has 1 amide bonds. The minimum atomic E-state index is -0.830. The lowest BCUT2D eigenvalue weighted by Crippen LogP contribution is -2.13. The lowest BCUT2D eigenvalue weighted by molar-refractivity contribution is 0.102. The summed E-state index contributed by atoms with van der Waals surface area (Å²) in [7, 11) is 0. The van der Waals surface area contributed by atoms with Gasteiger partial charge in [-0.25, -0.2) is 8.78 Å². The third-order valence-corrected chi connectivity index (χ3v) is 3.45. The lowest BCUT2D eigenvalue weighted by atomic mass is 10.2. The molecule has 0 heterocycles. The Labute approximate surface area is 125 Å². The summed E-state index contributed by atoms with van der Waals surface area (Å²) in [5, 5.41) is 2.39. The van der Waals surface area contributed by atoms with Crippen LogP contribution in [0.15, 0.2) is 45.3 Å². The van der Waals surface area contributed by atoms with Crippen LogP contribution >= 0.6 is 31.9 Å². The van der Waals surface area contributed by atoms with E-state index in [9.17, 15) is 13.6 Å². The number of anilines is 1. The number of nitrogens with one attached hydrogen (secondary N) is 1. The summed E-state index contributed by atoms with van der Waals surface area (Å²) in [4.78, 5) is 11.9. The second-order valence-corrected chi connectivity index (χ2v) is 5.48. The minimum absolute atomic E-state index is 0.0819. The van der Waals surface area contributed by atoms with Crippen molar-refractivity contribution in [3.8, 4) is 0 Å². The summed E-state index contributed by atoms with van der Waals surface area (Å²) in [6.45, 7) is 0. The maximum atomic E-state index is 13.5. The molecule has 98 valence electrons. The highest BCUT2D eigenvalue weighted by atomic mass is 79.9. The predicted molar refractivity (Wildman–Crippen MR) is 76.2 cm³/mol. The lowest BCUT2D eigenvalue weighted by Gasteiger charge is -2.08. The Morgan fingerprint density at radius 2 is 1.79 bits per heavy atom. The van der Waals surface area contributed by atoms with Gasteiger partial charge in [0.1, 0.15) is 11.6 Å². The molecule has 0 bridgehead atoms. The zero-order valence-electron chi connectivity index (χ0n) is 9.38. The molecule has 0 unspecified atom stereocenters. The largest absolute Gasteiger partial charge is 0.319 e. The normalized spacial score (nSPS) is 10.3. The zero-order chi connectivity index (χ0) is 14.0. The molecule has 19 heavy (non-hydrogen) atoms. The van der Waals surface area contributed by atoms with Gasteiger partial charge in [-0.1, -0.05) is 22.0 Å². The third kappa shape index (κ3) is 3.39. The number of amides is 1. The molecular formula is C13H7Br2F2NO. The van der Waals surface area contributed by atoms with Crippen molar-refractivity contribution in [3.63, 3.8) is 0 Å². The van der Waals surface area contributed by atoms with Crippen molar-refractivity contribution in [2.24, 2.45) is 0 Å². The van der Waals surface area contributed by atoms with Crippen LogP contribution in [0.4, 0.5) is 14.5 Å². The van der Waals surface area contributed by atoms with Gasteiger partial charge in [0.2, 0.25) is 0 Å². The van der Waals surface area contributed by atoms with Crippen LogP contribution in [0, 0.1) is 11.6 Å².